The Kier molecular flexibility index (Phi) is 5.96. The lowest BCUT2D eigenvalue weighted by molar-refractivity contribution is 0.731. The van der Waals surface area contributed by atoms with E-state index in [1.54, 1.807) is 55.5 Å². The molecular weight excluding hydrogens is 400 g/mol. The highest BCUT2D eigenvalue weighted by atomic mass is 35.5. The summed E-state index contributed by atoms with van der Waals surface area (Å²) in [6, 6.07) is 16.9. The summed E-state index contributed by atoms with van der Waals surface area (Å²) >= 11 is 6.30. The van der Waals surface area contributed by atoms with Crippen LogP contribution in [-0.2, 0) is 0 Å². The number of halogens is 1. The van der Waals surface area contributed by atoms with Crippen LogP contribution in [0.5, 0.6) is 0 Å². The highest BCUT2D eigenvalue weighted by molar-refractivity contribution is 6.35. The van der Waals surface area contributed by atoms with Crippen molar-refractivity contribution in [2.75, 3.05) is 0 Å². The van der Waals surface area contributed by atoms with Crippen molar-refractivity contribution in [2.45, 2.75) is 13.0 Å². The molecule has 7 nitrogen and oxygen atoms in total. The molecule has 148 valence electrons. The number of nitriles is 2. The number of aliphatic imine (C=N–C) groups is 1. The predicted octanol–water partition coefficient (Wildman–Crippen LogP) is 3.72. The first-order chi connectivity index (χ1) is 14.4. The second kappa shape index (κ2) is 8.60. The summed E-state index contributed by atoms with van der Waals surface area (Å²) in [5, 5.41) is 26.8. The minimum Gasteiger partial charge on any atom is -0.386 e. The molecule has 0 saturated heterocycles. The van der Waals surface area contributed by atoms with Gasteiger partial charge >= 0.3 is 0 Å². The smallest absolute Gasteiger partial charge is 0.264 e. The van der Waals surface area contributed by atoms with E-state index in [4.69, 9.17) is 33.3 Å². The second-order valence-corrected chi connectivity index (χ2v) is 6.98. The zero-order valence-corrected chi connectivity index (χ0v) is 16.8. The van der Waals surface area contributed by atoms with E-state index >= 15 is 0 Å². The van der Waals surface area contributed by atoms with Crippen molar-refractivity contribution in [3.63, 3.8) is 0 Å². The van der Waals surface area contributed by atoms with Gasteiger partial charge in [-0.2, -0.15) is 10.5 Å². The predicted molar refractivity (Wildman–Crippen MR) is 117 cm³/mol. The summed E-state index contributed by atoms with van der Waals surface area (Å²) < 4.78 is 1.47. The van der Waals surface area contributed by atoms with Gasteiger partial charge in [0, 0.05) is 11.9 Å². The summed E-state index contributed by atoms with van der Waals surface area (Å²) in [6.07, 6.45) is 0.916. The Morgan fingerprint density at radius 3 is 2.57 bits per heavy atom. The van der Waals surface area contributed by atoms with Gasteiger partial charge in [-0.05, 0) is 48.7 Å². The van der Waals surface area contributed by atoms with Crippen LogP contribution in [0, 0.1) is 34.0 Å². The standard InChI is InChI=1S/C22H17ClN6O/c1-13(28-21(27)16(11-25)12-26)19-9-15-3-2-4-18(23)20(15)22(30)29(19)17-7-5-14(10-24)6-8-17/h2-9,11,13,16,25H,1H3,(H2,27,28). The maximum atomic E-state index is 13.4. The lowest BCUT2D eigenvalue weighted by Crippen LogP contribution is -2.26. The largest absolute Gasteiger partial charge is 0.386 e. The summed E-state index contributed by atoms with van der Waals surface area (Å²) in [6.45, 7) is 1.75. The first-order valence-electron chi connectivity index (χ1n) is 8.99. The summed E-state index contributed by atoms with van der Waals surface area (Å²) in [7, 11) is 0. The molecule has 2 aromatic carbocycles. The van der Waals surface area contributed by atoms with Crippen LogP contribution in [0.25, 0.3) is 16.5 Å². The van der Waals surface area contributed by atoms with E-state index in [9.17, 15) is 4.79 Å². The molecule has 3 N–H and O–H groups in total. The van der Waals surface area contributed by atoms with Crippen molar-refractivity contribution >= 4 is 34.4 Å². The van der Waals surface area contributed by atoms with Crippen molar-refractivity contribution in [1.82, 2.24) is 4.57 Å². The number of nitrogens with two attached hydrogens (primary N) is 1. The molecule has 1 heterocycles. The zero-order valence-electron chi connectivity index (χ0n) is 16.0. The molecule has 0 aliphatic rings. The number of aromatic nitrogens is 1. The highest BCUT2D eigenvalue weighted by Crippen LogP contribution is 2.27. The molecule has 3 rings (SSSR count). The van der Waals surface area contributed by atoms with Gasteiger partial charge in [-0.25, -0.2) is 0 Å². The van der Waals surface area contributed by atoms with Crippen LogP contribution >= 0.6 is 11.6 Å². The second-order valence-electron chi connectivity index (χ2n) is 6.58. The average molecular weight is 417 g/mol. The van der Waals surface area contributed by atoms with Crippen molar-refractivity contribution < 1.29 is 0 Å². The topological polar surface area (TPSA) is 132 Å². The van der Waals surface area contributed by atoms with Crippen LogP contribution in [0.1, 0.15) is 24.2 Å². The van der Waals surface area contributed by atoms with Gasteiger partial charge in [-0.3, -0.25) is 14.4 Å². The lowest BCUT2D eigenvalue weighted by Gasteiger charge is -2.19. The van der Waals surface area contributed by atoms with Gasteiger partial charge in [-0.1, -0.05) is 23.7 Å². The number of nitrogens with zero attached hydrogens (tertiary/aromatic N) is 4. The Bertz CT molecular complexity index is 1290. The number of amidine groups is 1. The fourth-order valence-electron chi connectivity index (χ4n) is 3.16. The molecule has 2 unspecified atom stereocenters. The van der Waals surface area contributed by atoms with Crippen LogP contribution in [0.3, 0.4) is 0 Å². The van der Waals surface area contributed by atoms with E-state index in [1.165, 1.54) is 4.57 Å². The first-order valence-corrected chi connectivity index (χ1v) is 9.37. The molecule has 0 saturated carbocycles. The van der Waals surface area contributed by atoms with Crippen molar-refractivity contribution in [3.05, 3.63) is 75.2 Å². The zero-order chi connectivity index (χ0) is 21.8. The molecule has 0 fully saturated rings. The molecule has 0 radical (unpaired) electrons. The fourth-order valence-corrected chi connectivity index (χ4v) is 3.42. The van der Waals surface area contributed by atoms with Gasteiger partial charge in [-0.15, -0.1) is 0 Å². The molecule has 0 amide bonds. The van der Waals surface area contributed by atoms with E-state index in [1.807, 2.05) is 12.1 Å². The van der Waals surface area contributed by atoms with Gasteiger partial charge < -0.3 is 11.1 Å². The molecule has 8 heteroatoms. The number of fused-ring (bicyclic) bond motifs is 1. The third-order valence-electron chi connectivity index (χ3n) is 4.67. The minimum absolute atomic E-state index is 0.00924. The Hall–Kier alpha value is -3.94. The molecule has 0 aliphatic carbocycles. The molecule has 1 aromatic heterocycles. The lowest BCUT2D eigenvalue weighted by atomic mass is 10.1. The normalized spacial score (nSPS) is 13.3. The van der Waals surface area contributed by atoms with Gasteiger partial charge in [0.2, 0.25) is 0 Å². The minimum atomic E-state index is -0.947. The number of benzene rings is 2. The molecule has 0 aliphatic heterocycles. The van der Waals surface area contributed by atoms with E-state index < -0.39 is 12.0 Å². The number of pyridine rings is 1. The Labute approximate surface area is 177 Å². The van der Waals surface area contributed by atoms with Crippen LogP contribution in [-0.4, -0.2) is 16.6 Å². The third-order valence-corrected chi connectivity index (χ3v) is 4.99. The van der Waals surface area contributed by atoms with E-state index in [0.29, 0.717) is 32.7 Å². The molecule has 2 atom stereocenters. The number of rotatable bonds is 5. The summed E-state index contributed by atoms with van der Waals surface area (Å²) in [5.41, 5.74) is 7.12. The van der Waals surface area contributed by atoms with Crippen LogP contribution in [0.2, 0.25) is 5.02 Å². The molecule has 30 heavy (non-hydrogen) atoms. The molecule has 3 aromatic rings. The van der Waals surface area contributed by atoms with Crippen LogP contribution < -0.4 is 11.3 Å². The van der Waals surface area contributed by atoms with E-state index in [-0.39, 0.29) is 11.4 Å². The molecular formula is C22H17ClN6O. The summed E-state index contributed by atoms with van der Waals surface area (Å²) in [5.74, 6) is -0.956. The Balaban J connectivity index is 2.30. The maximum Gasteiger partial charge on any atom is 0.264 e. The number of hydrogen-bond acceptors (Lipinski definition) is 5. The van der Waals surface area contributed by atoms with E-state index in [0.717, 1.165) is 6.21 Å². The Morgan fingerprint density at radius 2 is 1.97 bits per heavy atom. The number of hydrogen-bond donors (Lipinski definition) is 2. The van der Waals surface area contributed by atoms with Crippen LogP contribution in [0.4, 0.5) is 0 Å². The first kappa shape index (κ1) is 20.8. The molecule has 0 spiro atoms. The average Bonchev–Trinajstić information content (AvgIpc) is 2.74. The van der Waals surface area contributed by atoms with Gasteiger partial charge in [0.1, 0.15) is 11.8 Å². The van der Waals surface area contributed by atoms with Crippen molar-refractivity contribution in [1.29, 1.82) is 15.9 Å². The highest BCUT2D eigenvalue weighted by Gasteiger charge is 2.19. The maximum absolute atomic E-state index is 13.4. The van der Waals surface area contributed by atoms with Gasteiger partial charge in [0.25, 0.3) is 5.56 Å². The van der Waals surface area contributed by atoms with E-state index in [2.05, 4.69) is 4.99 Å². The Morgan fingerprint density at radius 1 is 1.27 bits per heavy atom. The van der Waals surface area contributed by atoms with Crippen molar-refractivity contribution in [3.8, 4) is 17.8 Å². The fraction of sp³-hybridized carbons (Fsp3) is 0.136. The molecule has 0 bridgehead atoms. The van der Waals surface area contributed by atoms with Crippen molar-refractivity contribution in [2.24, 2.45) is 16.6 Å². The SMILES string of the molecule is CC(N=C(N)C(C#N)C=N)c1cc2cccc(Cl)c2c(=O)n1-c1ccc(C#N)cc1. The quantitative estimate of drug-likeness (QED) is 0.484. The monoisotopic (exact) mass is 416 g/mol. The third kappa shape index (κ3) is 3.80. The number of nitrogens with one attached hydrogen (secondary N) is 1. The van der Waals surface area contributed by atoms with Gasteiger partial charge in [0.15, 0.2) is 0 Å². The van der Waals surface area contributed by atoms with Crippen LogP contribution in [0.15, 0.2) is 58.3 Å². The summed E-state index contributed by atoms with van der Waals surface area (Å²) in [4.78, 5) is 17.8. The van der Waals surface area contributed by atoms with Gasteiger partial charge in [0.05, 0.1) is 39.8 Å².